The molecule has 4 heteroatoms. The minimum Gasteiger partial charge on any atom is -0.305 e. The van der Waals surface area contributed by atoms with Crippen molar-refractivity contribution < 1.29 is 0 Å². The number of nitrogens with zero attached hydrogens (tertiary/aromatic N) is 3. The van der Waals surface area contributed by atoms with E-state index in [2.05, 4.69) is 40.0 Å². The van der Waals surface area contributed by atoms with Gasteiger partial charge < -0.3 is 4.57 Å². The molecule has 0 saturated heterocycles. The normalized spacial score (nSPS) is 13.5. The van der Waals surface area contributed by atoms with E-state index in [-0.39, 0.29) is 0 Å². The molecule has 0 N–H and O–H groups in total. The van der Waals surface area contributed by atoms with Gasteiger partial charge >= 0.3 is 0 Å². The lowest BCUT2D eigenvalue weighted by atomic mass is 10.3. The highest BCUT2D eigenvalue weighted by Crippen LogP contribution is 2.14. The Bertz CT molecular complexity index is 209. The van der Waals surface area contributed by atoms with Crippen LogP contribution in [0.3, 0.4) is 0 Å². The first kappa shape index (κ1) is 7.72. The molecule has 0 radical (unpaired) electrons. The maximum absolute atomic E-state index is 3.82. The molecule has 0 spiro atoms. The molecule has 0 bridgehead atoms. The van der Waals surface area contributed by atoms with Crippen LogP contribution in [0.5, 0.6) is 0 Å². The number of halogens is 1. The molecule has 1 heterocycles. The Labute approximate surface area is 68.6 Å². The second-order valence-electron chi connectivity index (χ2n) is 2.26. The van der Waals surface area contributed by atoms with Gasteiger partial charge in [0, 0.05) is 6.04 Å². The van der Waals surface area contributed by atoms with Crippen LogP contribution < -0.4 is 0 Å². The van der Waals surface area contributed by atoms with Crippen LogP contribution in [-0.2, 0) is 0 Å². The van der Waals surface area contributed by atoms with Gasteiger partial charge in [-0.2, -0.15) is 0 Å². The quantitative estimate of drug-likeness (QED) is 0.737. The summed E-state index contributed by atoms with van der Waals surface area (Å²) in [5.41, 5.74) is 0. The Morgan fingerprint density at radius 1 is 1.80 bits per heavy atom. The molecule has 0 amide bonds. The predicted octanol–water partition coefficient (Wildman–Crippen LogP) is 2.01. The van der Waals surface area contributed by atoms with Gasteiger partial charge in [0.1, 0.15) is 6.33 Å². The molecule has 0 aliphatic heterocycles. The average Bonchev–Trinajstić information content (AvgIpc) is 2.34. The zero-order valence-electron chi connectivity index (χ0n) is 6.08. The molecule has 0 fully saturated rings. The second-order valence-corrected chi connectivity index (χ2v) is 2.97. The zero-order chi connectivity index (χ0) is 7.56. The smallest absolute Gasteiger partial charge is 0.200 e. The van der Waals surface area contributed by atoms with Crippen LogP contribution in [-0.4, -0.2) is 14.8 Å². The molecule has 1 atom stereocenters. The van der Waals surface area contributed by atoms with Crippen molar-refractivity contribution in [2.45, 2.75) is 26.3 Å². The van der Waals surface area contributed by atoms with E-state index in [1.54, 1.807) is 6.33 Å². The molecule has 1 aromatic heterocycles. The lowest BCUT2D eigenvalue weighted by molar-refractivity contribution is 0.519. The van der Waals surface area contributed by atoms with Crippen molar-refractivity contribution in [3.8, 4) is 0 Å². The minimum atomic E-state index is 0.476. The second kappa shape index (κ2) is 3.14. The summed E-state index contributed by atoms with van der Waals surface area (Å²) in [6.45, 7) is 4.27. The highest BCUT2D eigenvalue weighted by molar-refractivity contribution is 9.10. The van der Waals surface area contributed by atoms with Crippen molar-refractivity contribution in [1.29, 1.82) is 0 Å². The van der Waals surface area contributed by atoms with Crippen molar-refractivity contribution in [2.75, 3.05) is 0 Å². The zero-order valence-corrected chi connectivity index (χ0v) is 7.67. The fraction of sp³-hybridized carbons (Fsp3) is 0.667. The van der Waals surface area contributed by atoms with Crippen LogP contribution in [0.2, 0.25) is 0 Å². The van der Waals surface area contributed by atoms with E-state index in [0.717, 1.165) is 11.2 Å². The first-order valence-electron chi connectivity index (χ1n) is 3.30. The van der Waals surface area contributed by atoms with Gasteiger partial charge in [0.15, 0.2) is 4.73 Å². The molecule has 56 valence electrons. The van der Waals surface area contributed by atoms with Crippen LogP contribution >= 0.6 is 15.9 Å². The molecule has 0 saturated carbocycles. The molecule has 10 heavy (non-hydrogen) atoms. The minimum absolute atomic E-state index is 0.476. The van der Waals surface area contributed by atoms with Crippen LogP contribution in [0.15, 0.2) is 11.1 Å². The van der Waals surface area contributed by atoms with Gasteiger partial charge in [-0.3, -0.25) is 0 Å². The molecule has 0 aliphatic rings. The third-order valence-corrected chi connectivity index (χ3v) is 2.16. The third kappa shape index (κ3) is 1.37. The Balaban J connectivity index is 2.82. The Kier molecular flexibility index (Phi) is 2.43. The van der Waals surface area contributed by atoms with Gasteiger partial charge in [-0.15, -0.1) is 10.2 Å². The lowest BCUT2D eigenvalue weighted by Gasteiger charge is -2.08. The van der Waals surface area contributed by atoms with E-state index in [0.29, 0.717) is 6.04 Å². The molecule has 1 unspecified atom stereocenters. The van der Waals surface area contributed by atoms with E-state index in [1.165, 1.54) is 0 Å². The summed E-state index contributed by atoms with van der Waals surface area (Å²) < 4.78 is 2.81. The molecule has 3 nitrogen and oxygen atoms in total. The third-order valence-electron chi connectivity index (χ3n) is 1.60. The summed E-state index contributed by atoms with van der Waals surface area (Å²) >= 11 is 3.30. The highest BCUT2D eigenvalue weighted by Gasteiger charge is 2.04. The van der Waals surface area contributed by atoms with Crippen LogP contribution in [0.25, 0.3) is 0 Å². The summed E-state index contributed by atoms with van der Waals surface area (Å²) in [4.78, 5) is 0. The van der Waals surface area contributed by atoms with Crippen molar-refractivity contribution in [3.63, 3.8) is 0 Å². The molecule has 1 rings (SSSR count). The monoisotopic (exact) mass is 203 g/mol. The first-order valence-corrected chi connectivity index (χ1v) is 4.10. The summed E-state index contributed by atoms with van der Waals surface area (Å²) in [5.74, 6) is 0. The Morgan fingerprint density at radius 3 is 2.90 bits per heavy atom. The first-order chi connectivity index (χ1) is 4.75. The molecule has 1 aromatic rings. The molecule has 0 aromatic carbocycles. The van der Waals surface area contributed by atoms with E-state index < -0.39 is 0 Å². The average molecular weight is 204 g/mol. The summed E-state index contributed by atoms with van der Waals surface area (Å²) in [6, 6.07) is 0.476. The Hall–Kier alpha value is -0.380. The fourth-order valence-corrected chi connectivity index (χ4v) is 1.25. The van der Waals surface area contributed by atoms with E-state index in [4.69, 9.17) is 0 Å². The number of aromatic nitrogens is 3. The number of hydrogen-bond acceptors (Lipinski definition) is 2. The summed E-state index contributed by atoms with van der Waals surface area (Å²) in [6.07, 6.45) is 2.83. The van der Waals surface area contributed by atoms with E-state index in [1.807, 2.05) is 4.57 Å². The fourth-order valence-electron chi connectivity index (χ4n) is 0.721. The van der Waals surface area contributed by atoms with Crippen LogP contribution in [0.1, 0.15) is 26.3 Å². The van der Waals surface area contributed by atoms with Crippen molar-refractivity contribution in [3.05, 3.63) is 11.1 Å². The molecular weight excluding hydrogens is 194 g/mol. The summed E-state index contributed by atoms with van der Waals surface area (Å²) in [5, 5.41) is 7.57. The summed E-state index contributed by atoms with van der Waals surface area (Å²) in [7, 11) is 0. The molecular formula is C6H10BrN3. The lowest BCUT2D eigenvalue weighted by Crippen LogP contribution is -2.01. The topological polar surface area (TPSA) is 30.7 Å². The largest absolute Gasteiger partial charge is 0.305 e. The standard InChI is InChI=1S/C6H10BrN3/c1-3-5(2)10-4-8-9-6(10)7/h4-5H,3H2,1-2H3. The predicted molar refractivity (Wildman–Crippen MR) is 42.7 cm³/mol. The van der Waals surface area contributed by atoms with Gasteiger partial charge in [-0.1, -0.05) is 6.92 Å². The van der Waals surface area contributed by atoms with Crippen molar-refractivity contribution in [2.24, 2.45) is 0 Å². The Morgan fingerprint density at radius 2 is 2.50 bits per heavy atom. The number of hydrogen-bond donors (Lipinski definition) is 0. The van der Waals surface area contributed by atoms with Crippen LogP contribution in [0, 0.1) is 0 Å². The van der Waals surface area contributed by atoms with Crippen molar-refractivity contribution in [1.82, 2.24) is 14.8 Å². The van der Waals surface area contributed by atoms with Crippen molar-refractivity contribution >= 4 is 15.9 Å². The SMILES string of the molecule is CCC(C)n1cnnc1Br. The van der Waals surface area contributed by atoms with Gasteiger partial charge in [0.2, 0.25) is 0 Å². The highest BCUT2D eigenvalue weighted by atomic mass is 79.9. The number of rotatable bonds is 2. The van der Waals surface area contributed by atoms with Gasteiger partial charge in [-0.25, -0.2) is 0 Å². The van der Waals surface area contributed by atoms with Crippen LogP contribution in [0.4, 0.5) is 0 Å². The van der Waals surface area contributed by atoms with E-state index in [9.17, 15) is 0 Å². The molecule has 0 aliphatic carbocycles. The van der Waals surface area contributed by atoms with E-state index >= 15 is 0 Å². The maximum Gasteiger partial charge on any atom is 0.200 e. The van der Waals surface area contributed by atoms with Gasteiger partial charge in [0.25, 0.3) is 0 Å². The van der Waals surface area contributed by atoms with Gasteiger partial charge in [-0.05, 0) is 29.3 Å². The van der Waals surface area contributed by atoms with Gasteiger partial charge in [0.05, 0.1) is 0 Å². The maximum atomic E-state index is 3.82.